The van der Waals surface area contributed by atoms with E-state index in [1.165, 1.54) is 12.3 Å². The number of carbonyl (C=O) groups is 2. The maximum atomic E-state index is 12.7. The molecule has 0 aliphatic carbocycles. The molecule has 0 saturated heterocycles. The first-order valence-corrected chi connectivity index (χ1v) is 10.6. The molecule has 4 aromatic rings. The molecule has 1 amide bonds. The third kappa shape index (κ3) is 5.33. The summed E-state index contributed by atoms with van der Waals surface area (Å²) in [7, 11) is 0. The number of nitrogens with zero attached hydrogens (tertiary/aromatic N) is 1. The molecule has 0 unspecified atom stereocenters. The van der Waals surface area contributed by atoms with E-state index in [9.17, 15) is 14.7 Å². The third-order valence-corrected chi connectivity index (χ3v) is 5.25. The lowest BCUT2D eigenvalue weighted by Crippen LogP contribution is -2.18. The molecule has 4 rings (SSSR count). The van der Waals surface area contributed by atoms with Crippen molar-refractivity contribution in [3.8, 4) is 17.1 Å². The van der Waals surface area contributed by atoms with Gasteiger partial charge in [0, 0.05) is 16.1 Å². The van der Waals surface area contributed by atoms with Crippen LogP contribution in [0.5, 0.6) is 5.75 Å². The number of halogens is 1. The first-order valence-electron chi connectivity index (χ1n) is 10.2. The second-order valence-corrected chi connectivity index (χ2v) is 7.54. The first-order chi connectivity index (χ1) is 16.5. The predicted octanol–water partition coefficient (Wildman–Crippen LogP) is 5.64. The molecule has 0 atom stereocenters. The fourth-order valence-corrected chi connectivity index (χ4v) is 3.41. The number of aromatic carboxylic acids is 1. The number of nitrogens with one attached hydrogen (secondary N) is 1. The Labute approximate surface area is 200 Å². The van der Waals surface area contributed by atoms with Gasteiger partial charge in [0.15, 0.2) is 0 Å². The summed E-state index contributed by atoms with van der Waals surface area (Å²) in [6.45, 7) is 0.209. The molecule has 1 aromatic heterocycles. The predicted molar refractivity (Wildman–Crippen MR) is 128 cm³/mol. The van der Waals surface area contributed by atoms with Gasteiger partial charge >= 0.3 is 5.97 Å². The lowest BCUT2D eigenvalue weighted by molar-refractivity contribution is 0.0697. The van der Waals surface area contributed by atoms with Gasteiger partial charge in [-0.1, -0.05) is 60.1 Å². The van der Waals surface area contributed by atoms with E-state index < -0.39 is 11.9 Å². The number of ether oxygens (including phenoxy) is 1. The number of hydrazone groups is 1. The van der Waals surface area contributed by atoms with Crippen LogP contribution in [0, 0.1) is 0 Å². The van der Waals surface area contributed by atoms with Gasteiger partial charge in [-0.25, -0.2) is 10.2 Å². The topological polar surface area (TPSA) is 101 Å². The summed E-state index contributed by atoms with van der Waals surface area (Å²) in [6, 6.07) is 23.9. The summed E-state index contributed by atoms with van der Waals surface area (Å²) in [5.74, 6) is -0.401. The number of furan rings is 1. The largest absolute Gasteiger partial charge is 0.488 e. The Hall–Kier alpha value is -4.36. The van der Waals surface area contributed by atoms with Gasteiger partial charge in [0.1, 0.15) is 23.9 Å². The highest BCUT2D eigenvalue weighted by Gasteiger charge is 2.14. The lowest BCUT2D eigenvalue weighted by Gasteiger charge is -2.11. The van der Waals surface area contributed by atoms with Crippen LogP contribution in [0.4, 0.5) is 0 Å². The molecule has 8 heteroatoms. The van der Waals surface area contributed by atoms with Crippen molar-refractivity contribution in [2.45, 2.75) is 6.61 Å². The molecule has 1 heterocycles. The van der Waals surface area contributed by atoms with Crippen molar-refractivity contribution >= 4 is 29.7 Å². The van der Waals surface area contributed by atoms with Crippen LogP contribution < -0.4 is 10.2 Å². The van der Waals surface area contributed by atoms with E-state index in [1.807, 2.05) is 18.2 Å². The molecule has 0 radical (unpaired) electrons. The molecule has 0 aliphatic rings. The normalized spacial score (nSPS) is 10.9. The van der Waals surface area contributed by atoms with Crippen molar-refractivity contribution in [1.29, 1.82) is 0 Å². The van der Waals surface area contributed by atoms with Crippen LogP contribution in [0.2, 0.25) is 5.02 Å². The van der Waals surface area contributed by atoms with E-state index in [0.717, 1.165) is 5.56 Å². The zero-order valence-corrected chi connectivity index (χ0v) is 18.5. The fourth-order valence-electron chi connectivity index (χ4n) is 3.22. The van der Waals surface area contributed by atoms with Gasteiger partial charge in [0.2, 0.25) is 0 Å². The number of carboxylic acid groups (broad SMARTS) is 1. The molecule has 0 saturated carbocycles. The molecule has 0 spiro atoms. The summed E-state index contributed by atoms with van der Waals surface area (Å²) in [5, 5.41) is 13.9. The summed E-state index contributed by atoms with van der Waals surface area (Å²) in [4.78, 5) is 24.1. The smallest absolute Gasteiger partial charge is 0.336 e. The van der Waals surface area contributed by atoms with Crippen LogP contribution in [0.3, 0.4) is 0 Å². The molecule has 170 valence electrons. The minimum atomic E-state index is -1.05. The van der Waals surface area contributed by atoms with Crippen LogP contribution in [-0.2, 0) is 6.61 Å². The maximum Gasteiger partial charge on any atom is 0.336 e. The average molecular weight is 475 g/mol. The van der Waals surface area contributed by atoms with Crippen LogP contribution in [0.1, 0.15) is 32.0 Å². The SMILES string of the molecule is O=C(N/N=C/c1ccc(-c2ccccc2C(=O)O)o1)c1ccccc1OCc1ccccc1Cl. The highest BCUT2D eigenvalue weighted by atomic mass is 35.5. The zero-order chi connectivity index (χ0) is 23.9. The number of benzene rings is 3. The fraction of sp³-hybridized carbons (Fsp3) is 0.0385. The van der Waals surface area contributed by atoms with Crippen molar-refractivity contribution in [2.24, 2.45) is 5.10 Å². The lowest BCUT2D eigenvalue weighted by atomic mass is 10.1. The van der Waals surface area contributed by atoms with E-state index in [2.05, 4.69) is 10.5 Å². The number of carbonyl (C=O) groups excluding carboxylic acids is 1. The molecule has 2 N–H and O–H groups in total. The Morgan fingerprint density at radius 3 is 2.44 bits per heavy atom. The van der Waals surface area contributed by atoms with E-state index >= 15 is 0 Å². The molecule has 7 nitrogen and oxygen atoms in total. The van der Waals surface area contributed by atoms with E-state index in [1.54, 1.807) is 60.7 Å². The summed E-state index contributed by atoms with van der Waals surface area (Å²) < 4.78 is 11.5. The monoisotopic (exact) mass is 474 g/mol. The Kier molecular flexibility index (Phi) is 7.05. The Morgan fingerprint density at radius 1 is 0.941 bits per heavy atom. The molecular weight excluding hydrogens is 456 g/mol. The van der Waals surface area contributed by atoms with Gasteiger partial charge in [-0.2, -0.15) is 5.10 Å². The molecule has 0 aliphatic heterocycles. The highest BCUT2D eigenvalue weighted by Crippen LogP contribution is 2.26. The number of hydrogen-bond donors (Lipinski definition) is 2. The van der Waals surface area contributed by atoms with Crippen molar-refractivity contribution in [3.63, 3.8) is 0 Å². The minimum Gasteiger partial charge on any atom is -0.488 e. The Bertz CT molecular complexity index is 1360. The van der Waals surface area contributed by atoms with Gasteiger partial charge in [-0.3, -0.25) is 4.79 Å². The number of hydrogen-bond acceptors (Lipinski definition) is 5. The Balaban J connectivity index is 1.43. The second kappa shape index (κ2) is 10.5. The van der Waals surface area contributed by atoms with Crippen molar-refractivity contribution < 1.29 is 23.8 Å². The molecule has 34 heavy (non-hydrogen) atoms. The van der Waals surface area contributed by atoms with Crippen LogP contribution in [-0.4, -0.2) is 23.2 Å². The summed E-state index contributed by atoms with van der Waals surface area (Å²) in [5.41, 5.74) is 4.13. The molecule has 0 fully saturated rings. The zero-order valence-electron chi connectivity index (χ0n) is 17.8. The van der Waals surface area contributed by atoms with E-state index in [4.69, 9.17) is 20.8 Å². The number of carboxylic acids is 1. The van der Waals surface area contributed by atoms with Crippen molar-refractivity contribution in [1.82, 2.24) is 5.43 Å². The van der Waals surface area contributed by atoms with Crippen LogP contribution in [0.15, 0.2) is 94.4 Å². The summed E-state index contributed by atoms with van der Waals surface area (Å²) in [6.07, 6.45) is 1.33. The standard InChI is InChI=1S/C26H19ClN2O5/c27-22-11-5-1-7-17(22)16-33-23-12-6-4-10-21(23)25(30)29-28-15-18-13-14-24(34-18)19-8-2-3-9-20(19)26(31)32/h1-15H,16H2,(H,29,30)(H,31,32)/b28-15+. The second-order valence-electron chi connectivity index (χ2n) is 7.13. The number of amides is 1. The highest BCUT2D eigenvalue weighted by molar-refractivity contribution is 6.31. The quantitative estimate of drug-likeness (QED) is 0.254. The third-order valence-electron chi connectivity index (χ3n) is 4.88. The van der Waals surface area contributed by atoms with Gasteiger partial charge in [-0.15, -0.1) is 0 Å². The van der Waals surface area contributed by atoms with Crippen LogP contribution in [0.25, 0.3) is 11.3 Å². The molecular formula is C26H19ClN2O5. The maximum absolute atomic E-state index is 12.7. The summed E-state index contributed by atoms with van der Waals surface area (Å²) >= 11 is 6.17. The van der Waals surface area contributed by atoms with Gasteiger partial charge < -0.3 is 14.3 Å². The van der Waals surface area contributed by atoms with Crippen molar-refractivity contribution in [2.75, 3.05) is 0 Å². The molecule has 0 bridgehead atoms. The minimum absolute atomic E-state index is 0.127. The van der Waals surface area contributed by atoms with Crippen molar-refractivity contribution in [3.05, 3.63) is 112 Å². The van der Waals surface area contributed by atoms with Gasteiger partial charge in [0.25, 0.3) is 5.91 Å². The van der Waals surface area contributed by atoms with Gasteiger partial charge in [0.05, 0.1) is 17.3 Å². The van der Waals surface area contributed by atoms with Gasteiger partial charge in [-0.05, 0) is 36.4 Å². The Morgan fingerprint density at radius 2 is 1.65 bits per heavy atom. The first kappa shape index (κ1) is 22.8. The van der Waals surface area contributed by atoms with Crippen LogP contribution >= 0.6 is 11.6 Å². The number of para-hydroxylation sites is 1. The number of rotatable bonds is 8. The van der Waals surface area contributed by atoms with E-state index in [-0.39, 0.29) is 12.2 Å². The molecule has 3 aromatic carbocycles. The van der Waals surface area contributed by atoms with E-state index in [0.29, 0.717) is 33.4 Å². The average Bonchev–Trinajstić information content (AvgIpc) is 3.32.